The Morgan fingerprint density at radius 2 is 1.76 bits per heavy atom. The molecule has 1 aromatic heterocycles. The first-order valence-corrected chi connectivity index (χ1v) is 14.2. The maximum absolute atomic E-state index is 13.7. The number of methoxy groups -OCH3 is 1. The van der Waals surface area contributed by atoms with Crippen LogP contribution in [0.5, 0.6) is 5.75 Å². The third-order valence-corrected chi connectivity index (χ3v) is 7.11. The van der Waals surface area contributed by atoms with Crippen molar-refractivity contribution in [2.45, 2.75) is 53.1 Å². The van der Waals surface area contributed by atoms with E-state index in [2.05, 4.69) is 65.7 Å². The lowest BCUT2D eigenvalue weighted by Gasteiger charge is -2.29. The lowest BCUT2D eigenvalue weighted by molar-refractivity contribution is -0.132. The molecule has 0 saturated heterocycles. The minimum Gasteiger partial charge on any atom is -0.497 e. The lowest BCUT2D eigenvalue weighted by Crippen LogP contribution is -2.44. The summed E-state index contributed by atoms with van der Waals surface area (Å²) in [5.41, 5.74) is 2.80. The molecular formula is C31H40BrN3O3. The predicted molar refractivity (Wildman–Crippen MR) is 156 cm³/mol. The van der Waals surface area contributed by atoms with Gasteiger partial charge in [0.1, 0.15) is 12.3 Å². The molecule has 0 aliphatic heterocycles. The number of rotatable bonds is 14. The van der Waals surface area contributed by atoms with Crippen molar-refractivity contribution in [3.8, 4) is 5.75 Å². The number of hydrogen-bond acceptors (Lipinski definition) is 3. The zero-order valence-electron chi connectivity index (χ0n) is 23.0. The van der Waals surface area contributed by atoms with E-state index in [4.69, 9.17) is 4.74 Å². The molecule has 6 nitrogen and oxygen atoms in total. The quantitative estimate of drug-likeness (QED) is 0.215. The molecule has 0 bridgehead atoms. The Kier molecular flexibility index (Phi) is 11.5. The van der Waals surface area contributed by atoms with Crippen molar-refractivity contribution < 1.29 is 14.3 Å². The summed E-state index contributed by atoms with van der Waals surface area (Å²) in [6, 6.07) is 19.5. The SMILES string of the molecule is CCCCN(Cc1cccn1Cc1ccc(Br)cc1)C(=O)CN(CCC(C)C)C(=O)c1cccc(OC)c1. The van der Waals surface area contributed by atoms with E-state index in [9.17, 15) is 9.59 Å². The van der Waals surface area contributed by atoms with Crippen LogP contribution >= 0.6 is 15.9 Å². The van der Waals surface area contributed by atoms with E-state index in [1.807, 2.05) is 35.2 Å². The molecule has 3 aromatic rings. The molecule has 3 rings (SSSR count). The van der Waals surface area contributed by atoms with Crippen LogP contribution in [0.15, 0.2) is 71.3 Å². The Hall–Kier alpha value is -3.06. The van der Waals surface area contributed by atoms with Gasteiger partial charge < -0.3 is 19.1 Å². The molecule has 0 N–H and O–H groups in total. The summed E-state index contributed by atoms with van der Waals surface area (Å²) in [4.78, 5) is 30.8. The molecule has 1 heterocycles. The van der Waals surface area contributed by atoms with E-state index in [-0.39, 0.29) is 18.4 Å². The monoisotopic (exact) mass is 581 g/mol. The van der Waals surface area contributed by atoms with Crippen molar-refractivity contribution in [3.63, 3.8) is 0 Å². The van der Waals surface area contributed by atoms with Crippen molar-refractivity contribution in [1.82, 2.24) is 14.4 Å². The fraction of sp³-hybridized carbons (Fsp3) is 0.419. The number of carbonyl (C=O) groups is 2. The van der Waals surface area contributed by atoms with E-state index in [1.165, 1.54) is 5.56 Å². The van der Waals surface area contributed by atoms with Gasteiger partial charge in [0.2, 0.25) is 5.91 Å². The van der Waals surface area contributed by atoms with E-state index in [0.29, 0.717) is 36.9 Å². The number of carbonyl (C=O) groups excluding carboxylic acids is 2. The molecule has 204 valence electrons. The van der Waals surface area contributed by atoms with E-state index >= 15 is 0 Å². The summed E-state index contributed by atoms with van der Waals surface area (Å²) in [5, 5.41) is 0. The Bertz CT molecular complexity index is 1170. The first-order chi connectivity index (χ1) is 18.3. The third kappa shape index (κ3) is 8.76. The molecule has 0 aliphatic rings. The molecule has 7 heteroatoms. The summed E-state index contributed by atoms with van der Waals surface area (Å²) in [6.45, 7) is 8.87. The van der Waals surface area contributed by atoms with Crippen LogP contribution in [0.1, 0.15) is 61.6 Å². The normalized spacial score (nSPS) is 11.0. The molecule has 0 aliphatic carbocycles. The number of hydrogen-bond donors (Lipinski definition) is 0. The van der Waals surface area contributed by atoms with Gasteiger partial charge in [-0.1, -0.05) is 61.3 Å². The highest BCUT2D eigenvalue weighted by Crippen LogP contribution is 2.18. The average molecular weight is 583 g/mol. The molecule has 38 heavy (non-hydrogen) atoms. The molecule has 2 amide bonds. The fourth-order valence-corrected chi connectivity index (χ4v) is 4.50. The predicted octanol–water partition coefficient (Wildman–Crippen LogP) is 6.62. The van der Waals surface area contributed by atoms with Crippen LogP contribution in [-0.4, -0.2) is 52.9 Å². The number of amides is 2. The Morgan fingerprint density at radius 3 is 2.45 bits per heavy atom. The van der Waals surface area contributed by atoms with Crippen molar-refractivity contribution in [3.05, 3.63) is 88.2 Å². The number of halogens is 1. The number of nitrogens with zero attached hydrogens (tertiary/aromatic N) is 3. The van der Waals surface area contributed by atoms with Gasteiger partial charge in [0, 0.05) is 41.6 Å². The van der Waals surface area contributed by atoms with E-state index < -0.39 is 0 Å². The summed E-state index contributed by atoms with van der Waals surface area (Å²) < 4.78 is 8.55. The second-order valence-corrected chi connectivity index (χ2v) is 11.0. The van der Waals surface area contributed by atoms with Gasteiger partial charge >= 0.3 is 0 Å². The summed E-state index contributed by atoms with van der Waals surface area (Å²) in [7, 11) is 1.59. The highest BCUT2D eigenvalue weighted by atomic mass is 79.9. The molecule has 2 aromatic carbocycles. The Morgan fingerprint density at radius 1 is 1.00 bits per heavy atom. The zero-order valence-corrected chi connectivity index (χ0v) is 24.6. The van der Waals surface area contributed by atoms with Crippen LogP contribution in [0.25, 0.3) is 0 Å². The van der Waals surface area contributed by atoms with Crippen LogP contribution in [0.3, 0.4) is 0 Å². The second kappa shape index (κ2) is 14.8. The van der Waals surface area contributed by atoms with Crippen molar-refractivity contribution in [2.24, 2.45) is 5.92 Å². The summed E-state index contributed by atoms with van der Waals surface area (Å²) in [6.07, 6.45) is 4.79. The maximum Gasteiger partial charge on any atom is 0.254 e. The number of benzene rings is 2. The van der Waals surface area contributed by atoms with Gasteiger partial charge in [0.25, 0.3) is 5.91 Å². The molecule has 0 unspecified atom stereocenters. The molecule has 0 spiro atoms. The number of aromatic nitrogens is 1. The van der Waals surface area contributed by atoms with E-state index in [0.717, 1.165) is 36.0 Å². The number of ether oxygens (including phenoxy) is 1. The number of unbranched alkanes of at least 4 members (excludes halogenated alkanes) is 1. The van der Waals surface area contributed by atoms with Crippen LogP contribution in [0, 0.1) is 5.92 Å². The zero-order chi connectivity index (χ0) is 27.5. The molecule has 0 radical (unpaired) electrons. The molecular weight excluding hydrogens is 542 g/mol. The van der Waals surface area contributed by atoms with Crippen LogP contribution in [0.2, 0.25) is 0 Å². The van der Waals surface area contributed by atoms with Crippen LogP contribution < -0.4 is 4.74 Å². The van der Waals surface area contributed by atoms with E-state index in [1.54, 1.807) is 24.1 Å². The minimum atomic E-state index is -0.146. The summed E-state index contributed by atoms with van der Waals surface area (Å²) >= 11 is 3.50. The van der Waals surface area contributed by atoms with Gasteiger partial charge in [0.05, 0.1) is 13.7 Å². The second-order valence-electron chi connectivity index (χ2n) is 10.1. The van der Waals surface area contributed by atoms with Gasteiger partial charge in [-0.2, -0.15) is 0 Å². The summed E-state index contributed by atoms with van der Waals surface area (Å²) in [5.74, 6) is 0.868. The lowest BCUT2D eigenvalue weighted by atomic mass is 10.1. The standard InChI is InChI=1S/C31H40BrN3O3/c1-5-6-17-34(22-28-10-8-18-33(28)21-25-12-14-27(32)15-13-25)30(36)23-35(19-16-24(2)3)31(37)26-9-7-11-29(20-26)38-4/h7-15,18,20,24H,5-6,16-17,19,21-23H2,1-4H3. The highest BCUT2D eigenvalue weighted by Gasteiger charge is 2.23. The smallest absolute Gasteiger partial charge is 0.254 e. The average Bonchev–Trinajstić information content (AvgIpc) is 3.35. The topological polar surface area (TPSA) is 54.8 Å². The van der Waals surface area contributed by atoms with Crippen molar-refractivity contribution in [2.75, 3.05) is 26.7 Å². The molecule has 0 atom stereocenters. The van der Waals surface area contributed by atoms with Gasteiger partial charge in [0.15, 0.2) is 0 Å². The Balaban J connectivity index is 1.78. The maximum atomic E-state index is 13.7. The van der Waals surface area contributed by atoms with Gasteiger partial charge in [-0.25, -0.2) is 0 Å². The first kappa shape index (κ1) is 29.5. The molecule has 0 saturated carbocycles. The van der Waals surface area contributed by atoms with Crippen LogP contribution in [-0.2, 0) is 17.9 Å². The molecule has 0 fully saturated rings. The van der Waals surface area contributed by atoms with Crippen molar-refractivity contribution in [1.29, 1.82) is 0 Å². The van der Waals surface area contributed by atoms with Gasteiger partial charge in [-0.3, -0.25) is 9.59 Å². The van der Waals surface area contributed by atoms with Gasteiger partial charge in [-0.15, -0.1) is 0 Å². The minimum absolute atomic E-state index is 0.0326. The third-order valence-electron chi connectivity index (χ3n) is 6.58. The Labute approximate surface area is 235 Å². The highest BCUT2D eigenvalue weighted by molar-refractivity contribution is 9.10. The van der Waals surface area contributed by atoms with Gasteiger partial charge in [-0.05, 0) is 66.8 Å². The first-order valence-electron chi connectivity index (χ1n) is 13.4. The van der Waals surface area contributed by atoms with Crippen LogP contribution in [0.4, 0.5) is 0 Å². The fourth-order valence-electron chi connectivity index (χ4n) is 4.24. The van der Waals surface area contributed by atoms with Crippen molar-refractivity contribution >= 4 is 27.7 Å². The largest absolute Gasteiger partial charge is 0.497 e.